The molecule has 0 fully saturated rings. The summed E-state index contributed by atoms with van der Waals surface area (Å²) < 4.78 is 15.7. The van der Waals surface area contributed by atoms with E-state index in [0.29, 0.717) is 22.7 Å². The van der Waals surface area contributed by atoms with Crippen LogP contribution in [0.5, 0.6) is 0 Å². The van der Waals surface area contributed by atoms with Crippen molar-refractivity contribution in [1.82, 2.24) is 14.5 Å². The highest BCUT2D eigenvalue weighted by Crippen LogP contribution is 2.25. The molecule has 0 unspecified atom stereocenters. The molecule has 0 aliphatic rings. The topological polar surface area (TPSA) is 58.4 Å². The summed E-state index contributed by atoms with van der Waals surface area (Å²) in [6.07, 6.45) is 0. The van der Waals surface area contributed by atoms with Crippen molar-refractivity contribution < 1.29 is 14.3 Å². The van der Waals surface area contributed by atoms with Crippen molar-refractivity contribution in [3.05, 3.63) is 24.0 Å². The van der Waals surface area contributed by atoms with Gasteiger partial charge in [-0.1, -0.05) is 24.8 Å². The number of rotatable bonds is 7. The Morgan fingerprint density at radius 3 is 2.95 bits per heavy atom. The molecule has 0 amide bonds. The van der Waals surface area contributed by atoms with Crippen molar-refractivity contribution in [3.8, 4) is 0 Å². The van der Waals surface area contributed by atoms with Crippen LogP contribution in [0.25, 0.3) is 11.0 Å². The van der Waals surface area contributed by atoms with Crippen LogP contribution in [0.2, 0.25) is 0 Å². The molecule has 7 heteroatoms. The molecule has 21 heavy (non-hydrogen) atoms. The van der Waals surface area contributed by atoms with Gasteiger partial charge in [0.15, 0.2) is 11.0 Å². The van der Waals surface area contributed by atoms with Crippen LogP contribution in [0.15, 0.2) is 23.4 Å². The van der Waals surface area contributed by atoms with Crippen LogP contribution in [0.1, 0.15) is 6.92 Å². The third kappa shape index (κ3) is 3.74. The summed E-state index contributed by atoms with van der Waals surface area (Å²) in [5.74, 6) is -1.38. The second-order valence-corrected chi connectivity index (χ2v) is 5.67. The van der Waals surface area contributed by atoms with E-state index in [1.165, 1.54) is 6.07 Å². The van der Waals surface area contributed by atoms with Gasteiger partial charge in [-0.05, 0) is 25.7 Å². The number of hydrogen-bond donors (Lipinski definition) is 1. The molecule has 0 radical (unpaired) electrons. The van der Waals surface area contributed by atoms with Crippen LogP contribution in [0.3, 0.4) is 0 Å². The number of carboxylic acid groups (broad SMARTS) is 1. The number of carboxylic acids is 1. The van der Waals surface area contributed by atoms with E-state index in [9.17, 15) is 9.18 Å². The molecule has 1 aromatic carbocycles. The summed E-state index contributed by atoms with van der Waals surface area (Å²) in [5, 5.41) is 9.35. The van der Waals surface area contributed by atoms with Crippen LogP contribution < -0.4 is 0 Å². The van der Waals surface area contributed by atoms with Gasteiger partial charge in [0.1, 0.15) is 5.52 Å². The number of aromatic nitrogens is 2. The standard InChI is InChI=1S/C14H18FN3O2S/c1-3-17(2)7-8-18-11-6-4-5-10(15)13(11)16-14(18)21-9-12(19)20/h4-6H,3,7-9H2,1-2H3,(H,19,20). The van der Waals surface area contributed by atoms with Crippen molar-refractivity contribution in [1.29, 1.82) is 0 Å². The number of hydrogen-bond acceptors (Lipinski definition) is 4. The molecule has 0 saturated carbocycles. The molecule has 0 saturated heterocycles. The van der Waals surface area contributed by atoms with Gasteiger partial charge in [0, 0.05) is 13.1 Å². The van der Waals surface area contributed by atoms with E-state index in [-0.39, 0.29) is 11.6 Å². The van der Waals surface area contributed by atoms with Crippen LogP contribution in [-0.4, -0.2) is 51.4 Å². The normalized spacial score (nSPS) is 11.4. The first-order valence-corrected chi connectivity index (χ1v) is 7.69. The Morgan fingerprint density at radius 2 is 2.29 bits per heavy atom. The molecular weight excluding hydrogens is 293 g/mol. The van der Waals surface area contributed by atoms with Gasteiger partial charge in [-0.2, -0.15) is 0 Å². The molecule has 1 heterocycles. The second-order valence-electron chi connectivity index (χ2n) is 4.73. The minimum Gasteiger partial charge on any atom is -0.481 e. The Morgan fingerprint density at radius 1 is 1.52 bits per heavy atom. The fraction of sp³-hybridized carbons (Fsp3) is 0.429. The molecule has 0 aliphatic carbocycles. The van der Waals surface area contributed by atoms with Gasteiger partial charge >= 0.3 is 5.97 Å². The average Bonchev–Trinajstić information content (AvgIpc) is 2.82. The van der Waals surface area contributed by atoms with Crippen molar-refractivity contribution in [2.45, 2.75) is 18.6 Å². The Bertz CT molecular complexity index is 644. The Kier molecular flexibility index (Phi) is 5.19. The van der Waals surface area contributed by atoms with Crippen molar-refractivity contribution in [2.24, 2.45) is 0 Å². The largest absolute Gasteiger partial charge is 0.481 e. The molecule has 114 valence electrons. The van der Waals surface area contributed by atoms with E-state index in [0.717, 1.165) is 24.9 Å². The number of fused-ring (bicyclic) bond motifs is 1. The number of nitrogens with zero attached hydrogens (tertiary/aromatic N) is 3. The van der Waals surface area contributed by atoms with Gasteiger partial charge in [-0.3, -0.25) is 4.79 Å². The van der Waals surface area contributed by atoms with Gasteiger partial charge in [-0.15, -0.1) is 0 Å². The zero-order valence-corrected chi connectivity index (χ0v) is 12.9. The Hall–Kier alpha value is -1.60. The number of carbonyl (C=O) groups is 1. The predicted octanol–water partition coefficient (Wildman–Crippen LogP) is 2.30. The summed E-state index contributed by atoms with van der Waals surface area (Å²) in [6, 6.07) is 4.82. The van der Waals surface area contributed by atoms with E-state index >= 15 is 0 Å². The van der Waals surface area contributed by atoms with Crippen LogP contribution in [0, 0.1) is 5.82 Å². The molecule has 1 N–H and O–H groups in total. The van der Waals surface area contributed by atoms with Crippen LogP contribution in [-0.2, 0) is 11.3 Å². The van der Waals surface area contributed by atoms with E-state index in [4.69, 9.17) is 5.11 Å². The summed E-state index contributed by atoms with van der Waals surface area (Å²) >= 11 is 1.12. The molecule has 0 aliphatic heterocycles. The lowest BCUT2D eigenvalue weighted by atomic mass is 10.3. The lowest BCUT2D eigenvalue weighted by Crippen LogP contribution is -2.23. The summed E-state index contributed by atoms with van der Waals surface area (Å²) in [4.78, 5) is 17.1. The Labute approximate surface area is 126 Å². The van der Waals surface area contributed by atoms with Crippen LogP contribution in [0.4, 0.5) is 4.39 Å². The maximum atomic E-state index is 13.8. The minimum atomic E-state index is -0.912. The quantitative estimate of drug-likeness (QED) is 0.795. The second kappa shape index (κ2) is 6.91. The minimum absolute atomic E-state index is 0.0887. The van der Waals surface area contributed by atoms with E-state index in [1.807, 2.05) is 17.7 Å². The van der Waals surface area contributed by atoms with Gasteiger partial charge < -0.3 is 14.6 Å². The average molecular weight is 311 g/mol. The van der Waals surface area contributed by atoms with Crippen LogP contribution >= 0.6 is 11.8 Å². The molecule has 0 spiro atoms. The highest BCUT2D eigenvalue weighted by molar-refractivity contribution is 7.99. The highest BCUT2D eigenvalue weighted by atomic mass is 32.2. The molecule has 0 bridgehead atoms. The number of thioether (sulfide) groups is 1. The molecule has 1 aromatic heterocycles. The lowest BCUT2D eigenvalue weighted by Gasteiger charge is -2.15. The third-order valence-corrected chi connectivity index (χ3v) is 4.23. The maximum Gasteiger partial charge on any atom is 0.313 e. The summed E-state index contributed by atoms with van der Waals surface area (Å²) in [5.41, 5.74) is 0.997. The number of halogens is 1. The number of aliphatic carboxylic acids is 1. The fourth-order valence-corrected chi connectivity index (χ4v) is 2.73. The number of benzene rings is 1. The first kappa shape index (κ1) is 15.8. The Balaban J connectivity index is 2.35. The fourth-order valence-electron chi connectivity index (χ4n) is 1.97. The first-order chi connectivity index (χ1) is 10.0. The van der Waals surface area contributed by atoms with Crippen molar-refractivity contribution in [3.63, 3.8) is 0 Å². The lowest BCUT2D eigenvalue weighted by molar-refractivity contribution is -0.133. The van der Waals surface area contributed by atoms with E-state index < -0.39 is 5.97 Å². The SMILES string of the molecule is CCN(C)CCn1c(SCC(=O)O)nc2c(F)cccc21. The first-order valence-electron chi connectivity index (χ1n) is 6.70. The highest BCUT2D eigenvalue weighted by Gasteiger charge is 2.15. The van der Waals surface area contributed by atoms with E-state index in [2.05, 4.69) is 16.8 Å². The summed E-state index contributed by atoms with van der Waals surface area (Å²) in [7, 11) is 2.00. The maximum absolute atomic E-state index is 13.8. The zero-order valence-electron chi connectivity index (χ0n) is 12.0. The molecular formula is C14H18FN3O2S. The van der Waals surface area contributed by atoms with E-state index in [1.54, 1.807) is 6.07 Å². The third-order valence-electron chi connectivity index (χ3n) is 3.26. The number of likely N-dealkylation sites (N-methyl/N-ethyl adjacent to an activating group) is 1. The zero-order chi connectivity index (χ0) is 15.4. The monoisotopic (exact) mass is 311 g/mol. The van der Waals surface area contributed by atoms with Gasteiger partial charge in [0.2, 0.25) is 0 Å². The predicted molar refractivity (Wildman–Crippen MR) is 81.2 cm³/mol. The number of para-hydroxylation sites is 1. The molecule has 5 nitrogen and oxygen atoms in total. The van der Waals surface area contributed by atoms with Gasteiger partial charge in [0.25, 0.3) is 0 Å². The van der Waals surface area contributed by atoms with Crippen molar-refractivity contribution in [2.75, 3.05) is 25.9 Å². The number of imidazole rings is 1. The van der Waals surface area contributed by atoms with Gasteiger partial charge in [0.05, 0.1) is 11.3 Å². The molecule has 0 atom stereocenters. The van der Waals surface area contributed by atoms with Crippen molar-refractivity contribution >= 4 is 28.8 Å². The smallest absolute Gasteiger partial charge is 0.313 e. The molecule has 2 aromatic rings. The molecule has 2 rings (SSSR count). The van der Waals surface area contributed by atoms with Gasteiger partial charge in [-0.25, -0.2) is 9.37 Å². The summed E-state index contributed by atoms with van der Waals surface area (Å²) in [6.45, 7) is 4.41.